The molecular formula is C26H26F8N2O3S. The minimum absolute atomic E-state index is 0.0270. The van der Waals surface area contributed by atoms with E-state index in [0.29, 0.717) is 24.0 Å². The van der Waals surface area contributed by atoms with Crippen LogP contribution in [0, 0.1) is 0 Å². The molecule has 1 saturated carbocycles. The summed E-state index contributed by atoms with van der Waals surface area (Å²) in [7, 11) is 0. The van der Waals surface area contributed by atoms with E-state index in [1.807, 2.05) is 13.8 Å². The molecule has 0 saturated heterocycles. The molecular weight excluding hydrogens is 572 g/mol. The van der Waals surface area contributed by atoms with Crippen molar-refractivity contribution >= 4 is 11.3 Å². The zero-order valence-electron chi connectivity index (χ0n) is 21.3. The second-order valence-electron chi connectivity index (χ2n) is 8.64. The third-order valence-corrected chi connectivity index (χ3v) is 7.34. The van der Waals surface area contributed by atoms with E-state index in [4.69, 9.17) is 4.74 Å². The normalized spacial score (nSPS) is 15.2. The largest absolute Gasteiger partial charge is 0.487 e. The molecule has 1 fully saturated rings. The summed E-state index contributed by atoms with van der Waals surface area (Å²) in [5, 5.41) is 8.20. The molecule has 0 amide bonds. The third kappa shape index (κ3) is 6.82. The molecule has 2 aromatic heterocycles. The van der Waals surface area contributed by atoms with Crippen LogP contribution in [0.4, 0.5) is 35.1 Å². The predicted octanol–water partition coefficient (Wildman–Crippen LogP) is 7.78. The van der Waals surface area contributed by atoms with Crippen LogP contribution in [0.3, 0.4) is 0 Å². The van der Waals surface area contributed by atoms with E-state index < -0.39 is 35.5 Å². The van der Waals surface area contributed by atoms with Crippen molar-refractivity contribution < 1.29 is 49.7 Å². The molecule has 0 spiro atoms. The molecule has 3 aromatic rings. The molecule has 0 radical (unpaired) electrons. The van der Waals surface area contributed by atoms with Crippen LogP contribution in [-0.2, 0) is 12.0 Å². The smallest absolute Gasteiger partial charge is 0.433 e. The fraction of sp³-hybridized carbons (Fsp3) is 0.462. The van der Waals surface area contributed by atoms with Crippen LogP contribution in [-0.4, -0.2) is 40.1 Å². The van der Waals surface area contributed by atoms with Gasteiger partial charge in [-0.25, -0.2) is 4.98 Å². The second kappa shape index (κ2) is 12.7. The number of thiazole rings is 1. The maximum absolute atomic E-state index is 13.4. The van der Waals surface area contributed by atoms with Gasteiger partial charge in [-0.05, 0) is 61.1 Å². The number of pyridine rings is 1. The fourth-order valence-corrected chi connectivity index (χ4v) is 5.03. The molecule has 1 N–H and O–H groups in total. The first-order valence-corrected chi connectivity index (χ1v) is 13.1. The Hall–Kier alpha value is -3.00. The Labute approximate surface area is 228 Å². The first-order valence-electron chi connectivity index (χ1n) is 12.3. The van der Waals surface area contributed by atoms with Gasteiger partial charge in [-0.1, -0.05) is 19.9 Å². The van der Waals surface area contributed by atoms with Crippen molar-refractivity contribution in [2.75, 3.05) is 0 Å². The number of ether oxygens (including phenoxy) is 2. The van der Waals surface area contributed by atoms with Gasteiger partial charge in [0.1, 0.15) is 5.01 Å². The fourth-order valence-electron chi connectivity index (χ4n) is 3.85. The Morgan fingerprint density at radius 1 is 0.975 bits per heavy atom. The average molecular weight is 599 g/mol. The zero-order chi connectivity index (χ0) is 29.7. The predicted molar refractivity (Wildman–Crippen MR) is 131 cm³/mol. The van der Waals surface area contributed by atoms with Gasteiger partial charge in [0.2, 0.25) is 0 Å². The molecule has 14 heteroatoms. The minimum Gasteiger partial charge on any atom is -0.487 e. The van der Waals surface area contributed by atoms with Crippen molar-refractivity contribution in [3.63, 3.8) is 0 Å². The monoisotopic (exact) mass is 598 g/mol. The summed E-state index contributed by atoms with van der Waals surface area (Å²) in [6, 6.07) is 7.17. The first-order chi connectivity index (χ1) is 18.8. The average Bonchev–Trinajstić information content (AvgIpc) is 3.35. The van der Waals surface area contributed by atoms with Crippen molar-refractivity contribution in [3.8, 4) is 11.5 Å². The molecule has 1 aromatic carbocycles. The van der Waals surface area contributed by atoms with Gasteiger partial charge in [-0.3, -0.25) is 4.98 Å². The molecule has 2 heterocycles. The number of benzene rings is 1. The molecule has 1 atom stereocenters. The van der Waals surface area contributed by atoms with E-state index in [2.05, 4.69) is 14.7 Å². The Kier molecular flexibility index (Phi) is 9.99. The Morgan fingerprint density at radius 2 is 1.60 bits per heavy atom. The lowest BCUT2D eigenvalue weighted by Crippen LogP contribution is -2.53. The molecule has 220 valence electrons. The van der Waals surface area contributed by atoms with Gasteiger partial charge in [0, 0.05) is 29.4 Å². The van der Waals surface area contributed by atoms with Crippen LogP contribution in [0.15, 0.2) is 48.9 Å². The maximum atomic E-state index is 13.4. The summed E-state index contributed by atoms with van der Waals surface area (Å²) in [5.74, 6) is -1.16. The van der Waals surface area contributed by atoms with Crippen LogP contribution in [0.25, 0.3) is 0 Å². The van der Waals surface area contributed by atoms with Gasteiger partial charge < -0.3 is 14.6 Å². The number of rotatable bonds is 9. The molecule has 40 heavy (non-hydrogen) atoms. The van der Waals surface area contributed by atoms with E-state index in [1.165, 1.54) is 30.6 Å². The summed E-state index contributed by atoms with van der Waals surface area (Å²) in [4.78, 5) is 7.18. The van der Waals surface area contributed by atoms with Crippen molar-refractivity contribution in [1.82, 2.24) is 9.97 Å². The van der Waals surface area contributed by atoms with E-state index >= 15 is 0 Å². The highest BCUT2D eigenvalue weighted by atomic mass is 32.1. The number of aliphatic hydroxyl groups is 1. The minimum atomic E-state index is -6.08. The van der Waals surface area contributed by atoms with Crippen LogP contribution in [0.5, 0.6) is 11.5 Å². The SMILES string of the molecule is CC.OC(c1ncc(C(Cc2ccncc2)c2ccc(OC(F)F)c(OC3CCC3)c2)s1)(C(F)(F)F)C(F)(F)F. The number of nitrogens with zero attached hydrogens (tertiary/aromatic N) is 2. The number of hydrogen-bond donors (Lipinski definition) is 1. The molecule has 1 aliphatic carbocycles. The lowest BCUT2D eigenvalue weighted by Gasteiger charge is -2.30. The summed E-state index contributed by atoms with van der Waals surface area (Å²) in [6.45, 7) is 0.851. The van der Waals surface area contributed by atoms with Gasteiger partial charge in [0.15, 0.2) is 11.5 Å². The third-order valence-electron chi connectivity index (χ3n) is 6.12. The van der Waals surface area contributed by atoms with E-state index in [1.54, 1.807) is 12.1 Å². The lowest BCUT2D eigenvalue weighted by molar-refractivity contribution is -0.376. The summed E-state index contributed by atoms with van der Waals surface area (Å²) >= 11 is 0.0572. The van der Waals surface area contributed by atoms with Crippen molar-refractivity contribution in [2.24, 2.45) is 0 Å². The summed E-state index contributed by atoms with van der Waals surface area (Å²) in [5.41, 5.74) is -4.19. The van der Waals surface area contributed by atoms with Gasteiger partial charge >= 0.3 is 24.6 Å². The number of aromatic nitrogens is 2. The zero-order valence-corrected chi connectivity index (χ0v) is 22.1. The molecule has 5 nitrogen and oxygen atoms in total. The van der Waals surface area contributed by atoms with Crippen molar-refractivity contribution in [3.05, 3.63) is 69.9 Å². The summed E-state index contributed by atoms with van der Waals surface area (Å²) < 4.78 is 117. The van der Waals surface area contributed by atoms with E-state index in [9.17, 15) is 40.2 Å². The topological polar surface area (TPSA) is 64.5 Å². The van der Waals surface area contributed by atoms with Gasteiger partial charge in [-0.2, -0.15) is 35.1 Å². The standard InChI is InChI=1S/C24H20F8N2O3S.C2H6/c25-21(26)37-17-5-4-14(11-18(17)36-15-2-1-3-15)16(10-13-6-8-33-9-7-13)19-12-34-20(38-19)22(35,23(27,28)29)24(30,31)32;1-2/h4-9,11-12,15-16,21,35H,1-3,10H2;1-2H3. The van der Waals surface area contributed by atoms with Crippen LogP contribution in [0.2, 0.25) is 0 Å². The number of hydrogen-bond acceptors (Lipinski definition) is 6. The number of halogens is 8. The Bertz CT molecular complexity index is 1220. The summed E-state index contributed by atoms with van der Waals surface area (Å²) in [6.07, 6.45) is -6.32. The van der Waals surface area contributed by atoms with Gasteiger partial charge in [-0.15, -0.1) is 11.3 Å². The highest BCUT2D eigenvalue weighted by Crippen LogP contribution is 2.52. The van der Waals surface area contributed by atoms with Gasteiger partial charge in [0.25, 0.3) is 0 Å². The highest BCUT2D eigenvalue weighted by Gasteiger charge is 2.73. The van der Waals surface area contributed by atoms with Crippen molar-refractivity contribution in [1.29, 1.82) is 0 Å². The molecule has 0 bridgehead atoms. The second-order valence-corrected chi connectivity index (χ2v) is 9.70. The molecule has 4 rings (SSSR count). The van der Waals surface area contributed by atoms with Gasteiger partial charge in [0.05, 0.1) is 6.10 Å². The Morgan fingerprint density at radius 3 is 2.12 bits per heavy atom. The lowest BCUT2D eigenvalue weighted by atomic mass is 9.91. The maximum Gasteiger partial charge on any atom is 0.433 e. The molecule has 1 unspecified atom stereocenters. The van der Waals surface area contributed by atoms with Crippen LogP contribution in [0.1, 0.15) is 60.0 Å². The van der Waals surface area contributed by atoms with E-state index in [-0.39, 0.29) is 40.2 Å². The van der Waals surface area contributed by atoms with Crippen LogP contribution >= 0.6 is 11.3 Å². The van der Waals surface area contributed by atoms with E-state index in [0.717, 1.165) is 12.6 Å². The number of alkyl halides is 8. The molecule has 1 aliphatic rings. The van der Waals surface area contributed by atoms with Crippen molar-refractivity contribution in [2.45, 2.75) is 76.1 Å². The quantitative estimate of drug-likeness (QED) is 0.255. The highest BCUT2D eigenvalue weighted by molar-refractivity contribution is 7.11. The molecule has 0 aliphatic heterocycles. The Balaban J connectivity index is 0.00000216. The van der Waals surface area contributed by atoms with Crippen LogP contribution < -0.4 is 9.47 Å². The first kappa shape index (κ1) is 31.5.